The first kappa shape index (κ1) is 21.5. The summed E-state index contributed by atoms with van der Waals surface area (Å²) in [5.41, 5.74) is 0. The molecule has 3 amide bonds. The van der Waals surface area contributed by atoms with Crippen molar-refractivity contribution in [3.8, 4) is 0 Å². The first-order valence-electron chi connectivity index (χ1n) is 9.30. The Balaban J connectivity index is 2.10. The molecule has 0 aliphatic carbocycles. The molecule has 154 valence electrons. The number of carbonyl (C=O) groups excluding carboxylic acids is 3. The summed E-state index contributed by atoms with van der Waals surface area (Å²) in [5.74, 6) is -2.10. The Bertz CT molecular complexity index is 717. The molecule has 1 saturated heterocycles. The van der Waals surface area contributed by atoms with Gasteiger partial charge >= 0.3 is 11.7 Å². The molecule has 10 heteroatoms. The Morgan fingerprint density at radius 3 is 2.89 bits per heavy atom. The number of hydrogen-bond acceptors (Lipinski definition) is 5. The first-order valence-corrected chi connectivity index (χ1v) is 9.30. The van der Waals surface area contributed by atoms with Crippen molar-refractivity contribution >= 4 is 24.0 Å². The minimum absolute atomic E-state index is 0.0179. The molecule has 2 atom stereocenters. The highest BCUT2D eigenvalue weighted by Gasteiger charge is 2.39. The Hall–Kier alpha value is -2.75. The number of amides is 3. The number of anilines is 1. The maximum Gasteiger partial charge on any atom is 0.330 e. The number of pyridine rings is 1. The summed E-state index contributed by atoms with van der Waals surface area (Å²) in [6.45, 7) is 2.22. The number of halogens is 1. The van der Waals surface area contributed by atoms with Gasteiger partial charge in [0.1, 0.15) is 6.04 Å². The molecule has 2 heterocycles. The fourth-order valence-corrected chi connectivity index (χ4v) is 3.32. The highest BCUT2D eigenvalue weighted by Crippen LogP contribution is 2.23. The molecule has 0 radical (unpaired) electrons. The van der Waals surface area contributed by atoms with Gasteiger partial charge in [-0.1, -0.05) is 19.8 Å². The van der Waals surface area contributed by atoms with Gasteiger partial charge in [0.2, 0.25) is 12.3 Å². The van der Waals surface area contributed by atoms with E-state index in [2.05, 4.69) is 5.32 Å². The lowest BCUT2D eigenvalue weighted by Crippen LogP contribution is -2.48. The zero-order valence-electron chi connectivity index (χ0n) is 15.8. The summed E-state index contributed by atoms with van der Waals surface area (Å²) in [4.78, 5) is 37.8. The van der Waals surface area contributed by atoms with Gasteiger partial charge < -0.3 is 10.1 Å². The average Bonchev–Trinajstić information content (AvgIpc) is 3.16. The van der Waals surface area contributed by atoms with Crippen LogP contribution in [0, 0.1) is 11.7 Å². The SMILES string of the molecule is CCCC[C@H](CN(O)C=O)C(=O)N1CCC[C@H]1C(=O)Nc1ccc(F)c[n+]1O. The maximum atomic E-state index is 13.1. The first-order chi connectivity index (χ1) is 13.4. The van der Waals surface area contributed by atoms with Crippen LogP contribution in [-0.2, 0) is 14.4 Å². The summed E-state index contributed by atoms with van der Waals surface area (Å²) >= 11 is 0. The number of nitrogens with one attached hydrogen (secondary N) is 1. The summed E-state index contributed by atoms with van der Waals surface area (Å²) in [7, 11) is 0. The monoisotopic (exact) mass is 397 g/mol. The van der Waals surface area contributed by atoms with Crippen LogP contribution in [0.3, 0.4) is 0 Å². The normalized spacial score (nSPS) is 17.2. The number of hydrogen-bond donors (Lipinski definition) is 3. The molecule has 2 rings (SSSR count). The van der Waals surface area contributed by atoms with E-state index in [1.165, 1.54) is 11.0 Å². The number of likely N-dealkylation sites (tertiary alicyclic amines) is 1. The van der Waals surface area contributed by atoms with E-state index in [9.17, 15) is 29.2 Å². The largest absolute Gasteiger partial charge is 0.350 e. The van der Waals surface area contributed by atoms with Gasteiger partial charge in [0.25, 0.3) is 0 Å². The molecule has 0 unspecified atom stereocenters. The molecule has 0 bridgehead atoms. The van der Waals surface area contributed by atoms with Gasteiger partial charge in [-0.05, 0) is 30.1 Å². The summed E-state index contributed by atoms with van der Waals surface area (Å²) < 4.78 is 13.5. The second-order valence-corrected chi connectivity index (χ2v) is 6.82. The molecular formula is C18H26FN4O5+. The lowest BCUT2D eigenvalue weighted by atomic mass is 9.99. The van der Waals surface area contributed by atoms with Crippen LogP contribution in [0.25, 0.3) is 0 Å². The quantitative estimate of drug-likeness (QED) is 0.189. The number of unbranched alkanes of at least 4 members (excludes halogenated alkanes) is 1. The standard InChI is InChI=1S/C18H25FN4O5/c1-2-3-5-13(10-21(27)12-24)18(26)22-9-4-6-15(22)17(25)20-16-8-7-14(19)11-23(16)28/h7-8,11-13,15,27-28H,2-6,9-10H2,1H3/p+1/t13-,15+/m1/s1. The van der Waals surface area contributed by atoms with Gasteiger partial charge in [-0.25, -0.2) is 19.6 Å². The molecule has 0 spiro atoms. The zero-order valence-corrected chi connectivity index (χ0v) is 15.8. The van der Waals surface area contributed by atoms with Crippen LogP contribution in [0.4, 0.5) is 10.2 Å². The Labute approximate surface area is 162 Å². The summed E-state index contributed by atoms with van der Waals surface area (Å²) in [6, 6.07) is 1.56. The second kappa shape index (κ2) is 9.98. The molecule has 28 heavy (non-hydrogen) atoms. The third-order valence-corrected chi connectivity index (χ3v) is 4.77. The lowest BCUT2D eigenvalue weighted by molar-refractivity contribution is -0.894. The molecule has 0 saturated carbocycles. The van der Waals surface area contributed by atoms with E-state index in [0.717, 1.165) is 25.1 Å². The zero-order chi connectivity index (χ0) is 20.7. The predicted molar refractivity (Wildman–Crippen MR) is 94.7 cm³/mol. The number of nitrogens with zero attached hydrogens (tertiary/aromatic N) is 3. The predicted octanol–water partition coefficient (Wildman–Crippen LogP) is 0.934. The fraction of sp³-hybridized carbons (Fsp3) is 0.556. The topological polar surface area (TPSA) is 114 Å². The maximum absolute atomic E-state index is 13.1. The van der Waals surface area contributed by atoms with E-state index in [4.69, 9.17) is 0 Å². The van der Waals surface area contributed by atoms with Gasteiger partial charge in [0.05, 0.1) is 12.5 Å². The average molecular weight is 397 g/mol. The second-order valence-electron chi connectivity index (χ2n) is 6.82. The fourth-order valence-electron chi connectivity index (χ4n) is 3.32. The van der Waals surface area contributed by atoms with Crippen LogP contribution in [0.5, 0.6) is 0 Å². The molecule has 0 aromatic carbocycles. The molecular weight excluding hydrogens is 371 g/mol. The Kier molecular flexibility index (Phi) is 7.68. The number of aromatic nitrogens is 1. The van der Waals surface area contributed by atoms with Crippen molar-refractivity contribution < 1.29 is 33.9 Å². The van der Waals surface area contributed by atoms with Crippen LogP contribution in [0.15, 0.2) is 18.3 Å². The third-order valence-electron chi connectivity index (χ3n) is 4.77. The van der Waals surface area contributed by atoms with E-state index in [-0.39, 0.29) is 24.7 Å². The van der Waals surface area contributed by atoms with Crippen LogP contribution in [0.1, 0.15) is 39.0 Å². The van der Waals surface area contributed by atoms with Crippen LogP contribution >= 0.6 is 0 Å². The number of carbonyl (C=O) groups is 3. The summed E-state index contributed by atoms with van der Waals surface area (Å²) in [5, 5.41) is 22.1. The van der Waals surface area contributed by atoms with E-state index in [1.54, 1.807) is 0 Å². The van der Waals surface area contributed by atoms with Crippen molar-refractivity contribution in [1.82, 2.24) is 9.96 Å². The summed E-state index contributed by atoms with van der Waals surface area (Å²) in [6.07, 6.45) is 4.21. The smallest absolute Gasteiger partial charge is 0.330 e. The van der Waals surface area contributed by atoms with Gasteiger partial charge in [-0.15, -0.1) is 0 Å². The van der Waals surface area contributed by atoms with Crippen LogP contribution in [0.2, 0.25) is 0 Å². The Morgan fingerprint density at radius 2 is 2.25 bits per heavy atom. The van der Waals surface area contributed by atoms with E-state index >= 15 is 0 Å². The van der Waals surface area contributed by atoms with Crippen molar-refractivity contribution in [1.29, 1.82) is 0 Å². The third kappa shape index (κ3) is 5.38. The molecule has 1 aliphatic rings. The van der Waals surface area contributed by atoms with E-state index in [1.807, 2.05) is 6.92 Å². The molecule has 1 aromatic heterocycles. The van der Waals surface area contributed by atoms with Crippen molar-refractivity contribution in [2.75, 3.05) is 18.4 Å². The van der Waals surface area contributed by atoms with Crippen LogP contribution < -0.4 is 10.0 Å². The van der Waals surface area contributed by atoms with E-state index < -0.39 is 23.7 Å². The molecule has 1 aromatic rings. The number of rotatable bonds is 9. The molecule has 1 fully saturated rings. The highest BCUT2D eigenvalue weighted by atomic mass is 19.1. The van der Waals surface area contributed by atoms with Gasteiger partial charge in [0, 0.05) is 12.6 Å². The van der Waals surface area contributed by atoms with Gasteiger partial charge in [-0.3, -0.25) is 14.8 Å². The van der Waals surface area contributed by atoms with Crippen molar-refractivity contribution in [3.05, 3.63) is 24.1 Å². The van der Waals surface area contributed by atoms with Crippen molar-refractivity contribution in [2.45, 2.75) is 45.1 Å². The highest BCUT2D eigenvalue weighted by molar-refractivity contribution is 5.96. The molecule has 3 N–H and O–H groups in total. The molecule has 9 nitrogen and oxygen atoms in total. The van der Waals surface area contributed by atoms with Crippen LogP contribution in [-0.4, -0.2) is 57.7 Å². The minimum Gasteiger partial charge on any atom is -0.350 e. The lowest BCUT2D eigenvalue weighted by Gasteiger charge is -2.28. The van der Waals surface area contributed by atoms with Crippen molar-refractivity contribution in [2.24, 2.45) is 5.92 Å². The van der Waals surface area contributed by atoms with Gasteiger partial charge in [-0.2, -0.15) is 0 Å². The minimum atomic E-state index is -0.745. The van der Waals surface area contributed by atoms with Gasteiger partial charge in [0.15, 0.2) is 12.0 Å². The van der Waals surface area contributed by atoms with Crippen molar-refractivity contribution in [3.63, 3.8) is 0 Å². The Morgan fingerprint density at radius 1 is 1.50 bits per heavy atom. The molecule has 1 aliphatic heterocycles. The number of hydroxylamine groups is 2. The van der Waals surface area contributed by atoms with E-state index in [0.29, 0.717) is 35.6 Å².